The highest BCUT2D eigenvalue weighted by molar-refractivity contribution is 5.74. The monoisotopic (exact) mass is 278 g/mol. The van der Waals surface area contributed by atoms with Crippen LogP contribution < -0.4 is 5.32 Å². The minimum atomic E-state index is -0.226. The normalized spacial score (nSPS) is 18.9. The molecule has 0 saturated carbocycles. The second kappa shape index (κ2) is 7.27. The van der Waals surface area contributed by atoms with E-state index in [2.05, 4.69) is 12.2 Å². The van der Waals surface area contributed by atoms with Crippen molar-refractivity contribution in [1.29, 1.82) is 0 Å². The van der Waals surface area contributed by atoms with Gasteiger partial charge in [-0.1, -0.05) is 25.5 Å². The van der Waals surface area contributed by atoms with Crippen LogP contribution in [0.3, 0.4) is 0 Å². The molecule has 20 heavy (non-hydrogen) atoms. The number of halogens is 1. The summed E-state index contributed by atoms with van der Waals surface area (Å²) >= 11 is 0. The van der Waals surface area contributed by atoms with Crippen molar-refractivity contribution < 1.29 is 9.18 Å². The SMILES string of the molecule is CCC1CCCN(C(=O)NCCc2cccc(F)c2)C1. The third-order valence-corrected chi connectivity index (χ3v) is 3.96. The fourth-order valence-corrected chi connectivity index (χ4v) is 2.70. The van der Waals surface area contributed by atoms with E-state index in [0.29, 0.717) is 18.9 Å². The number of carbonyl (C=O) groups excluding carboxylic acids is 1. The number of nitrogens with one attached hydrogen (secondary N) is 1. The molecule has 1 unspecified atom stereocenters. The molecule has 1 N–H and O–H groups in total. The van der Waals surface area contributed by atoms with Gasteiger partial charge in [0.2, 0.25) is 0 Å². The van der Waals surface area contributed by atoms with Crippen molar-refractivity contribution in [3.05, 3.63) is 35.6 Å². The van der Waals surface area contributed by atoms with Crippen LogP contribution in [0.5, 0.6) is 0 Å². The number of rotatable bonds is 4. The Labute approximate surface area is 120 Å². The first-order chi connectivity index (χ1) is 9.69. The second-order valence-electron chi connectivity index (χ2n) is 5.47. The highest BCUT2D eigenvalue weighted by atomic mass is 19.1. The molecule has 0 spiro atoms. The molecule has 1 fully saturated rings. The summed E-state index contributed by atoms with van der Waals surface area (Å²) in [6.07, 6.45) is 4.11. The number of nitrogens with zero attached hydrogens (tertiary/aromatic N) is 1. The van der Waals surface area contributed by atoms with Crippen molar-refractivity contribution in [2.24, 2.45) is 5.92 Å². The van der Waals surface area contributed by atoms with Crippen LogP contribution in [0.25, 0.3) is 0 Å². The number of piperidine rings is 1. The van der Waals surface area contributed by atoms with Gasteiger partial charge in [-0.25, -0.2) is 9.18 Å². The van der Waals surface area contributed by atoms with Gasteiger partial charge in [-0.15, -0.1) is 0 Å². The summed E-state index contributed by atoms with van der Waals surface area (Å²) in [5, 5.41) is 2.93. The van der Waals surface area contributed by atoms with Gasteiger partial charge in [-0.3, -0.25) is 0 Å². The molecule has 1 atom stereocenters. The van der Waals surface area contributed by atoms with E-state index in [4.69, 9.17) is 0 Å². The zero-order chi connectivity index (χ0) is 14.4. The summed E-state index contributed by atoms with van der Waals surface area (Å²) < 4.78 is 13.0. The van der Waals surface area contributed by atoms with Gasteiger partial charge in [-0.05, 0) is 42.9 Å². The van der Waals surface area contributed by atoms with E-state index >= 15 is 0 Å². The second-order valence-corrected chi connectivity index (χ2v) is 5.47. The third kappa shape index (κ3) is 4.22. The van der Waals surface area contributed by atoms with E-state index in [1.165, 1.54) is 18.6 Å². The molecule has 0 bridgehead atoms. The fraction of sp³-hybridized carbons (Fsp3) is 0.562. The average Bonchev–Trinajstić information content (AvgIpc) is 2.47. The fourth-order valence-electron chi connectivity index (χ4n) is 2.70. The summed E-state index contributed by atoms with van der Waals surface area (Å²) in [6, 6.07) is 6.53. The smallest absolute Gasteiger partial charge is 0.317 e. The maximum absolute atomic E-state index is 13.0. The van der Waals surface area contributed by atoms with Gasteiger partial charge in [0.05, 0.1) is 0 Å². The van der Waals surface area contributed by atoms with Crippen molar-refractivity contribution in [3.63, 3.8) is 0 Å². The predicted octanol–water partition coefficient (Wildman–Crippen LogP) is 3.20. The van der Waals surface area contributed by atoms with Crippen LogP contribution in [0.1, 0.15) is 31.7 Å². The molecule has 2 amide bonds. The molecule has 1 saturated heterocycles. The lowest BCUT2D eigenvalue weighted by atomic mass is 9.96. The first kappa shape index (κ1) is 14.8. The van der Waals surface area contributed by atoms with Crippen LogP contribution in [-0.4, -0.2) is 30.6 Å². The van der Waals surface area contributed by atoms with Crippen LogP contribution >= 0.6 is 0 Å². The van der Waals surface area contributed by atoms with Gasteiger partial charge >= 0.3 is 6.03 Å². The number of hydrogen-bond donors (Lipinski definition) is 1. The number of carbonyl (C=O) groups is 1. The summed E-state index contributed by atoms with van der Waals surface area (Å²) in [5.41, 5.74) is 0.912. The standard InChI is InChI=1S/C16H23FN2O/c1-2-13-6-4-10-19(12-13)16(20)18-9-8-14-5-3-7-15(17)11-14/h3,5,7,11,13H,2,4,6,8-10,12H2,1H3,(H,18,20). The van der Waals surface area contributed by atoms with Gasteiger partial charge in [0.25, 0.3) is 0 Å². The Morgan fingerprint density at radius 2 is 2.35 bits per heavy atom. The topological polar surface area (TPSA) is 32.3 Å². The predicted molar refractivity (Wildman–Crippen MR) is 78.1 cm³/mol. The number of hydrogen-bond acceptors (Lipinski definition) is 1. The van der Waals surface area contributed by atoms with E-state index in [-0.39, 0.29) is 11.8 Å². The summed E-state index contributed by atoms with van der Waals surface area (Å²) in [6.45, 7) is 4.44. The number of likely N-dealkylation sites (tertiary alicyclic amines) is 1. The molecule has 1 aromatic rings. The van der Waals surface area contributed by atoms with E-state index in [9.17, 15) is 9.18 Å². The van der Waals surface area contributed by atoms with Crippen LogP contribution in [0, 0.1) is 11.7 Å². The lowest BCUT2D eigenvalue weighted by Gasteiger charge is -2.32. The average molecular weight is 278 g/mol. The Kier molecular flexibility index (Phi) is 5.39. The van der Waals surface area contributed by atoms with Crippen molar-refractivity contribution in [2.75, 3.05) is 19.6 Å². The summed E-state index contributed by atoms with van der Waals surface area (Å²) in [5.74, 6) is 0.411. The van der Waals surface area contributed by atoms with Crippen LogP contribution in [0.2, 0.25) is 0 Å². The lowest BCUT2D eigenvalue weighted by molar-refractivity contribution is 0.164. The maximum Gasteiger partial charge on any atom is 0.317 e. The molecule has 110 valence electrons. The molecule has 3 nitrogen and oxygen atoms in total. The Bertz CT molecular complexity index is 450. The number of amides is 2. The highest BCUT2D eigenvalue weighted by Crippen LogP contribution is 2.18. The molecule has 4 heteroatoms. The molecule has 1 aromatic carbocycles. The Morgan fingerprint density at radius 1 is 1.50 bits per heavy atom. The first-order valence-electron chi connectivity index (χ1n) is 7.46. The van der Waals surface area contributed by atoms with Crippen LogP contribution in [0.15, 0.2) is 24.3 Å². The van der Waals surface area contributed by atoms with Crippen molar-refractivity contribution in [3.8, 4) is 0 Å². The molecule has 1 heterocycles. The molecule has 0 aliphatic carbocycles. The minimum Gasteiger partial charge on any atom is -0.338 e. The van der Waals surface area contributed by atoms with Gasteiger partial charge in [0, 0.05) is 19.6 Å². The molecule has 1 aliphatic rings. The van der Waals surface area contributed by atoms with E-state index in [1.54, 1.807) is 6.07 Å². The van der Waals surface area contributed by atoms with E-state index in [1.807, 2.05) is 11.0 Å². The van der Waals surface area contributed by atoms with Crippen molar-refractivity contribution >= 4 is 6.03 Å². The van der Waals surface area contributed by atoms with Crippen molar-refractivity contribution in [2.45, 2.75) is 32.6 Å². The summed E-state index contributed by atoms with van der Waals surface area (Å²) in [4.78, 5) is 14.0. The van der Waals surface area contributed by atoms with Gasteiger partial charge in [-0.2, -0.15) is 0 Å². The molecule has 1 aliphatic heterocycles. The highest BCUT2D eigenvalue weighted by Gasteiger charge is 2.21. The quantitative estimate of drug-likeness (QED) is 0.901. The van der Waals surface area contributed by atoms with Gasteiger partial charge in [0.15, 0.2) is 0 Å². The molecular formula is C16H23FN2O. The first-order valence-corrected chi connectivity index (χ1v) is 7.46. The van der Waals surface area contributed by atoms with Gasteiger partial charge in [0.1, 0.15) is 5.82 Å². The Morgan fingerprint density at radius 3 is 3.10 bits per heavy atom. The van der Waals surface area contributed by atoms with E-state index < -0.39 is 0 Å². The molecule has 2 rings (SSSR count). The largest absolute Gasteiger partial charge is 0.338 e. The van der Waals surface area contributed by atoms with Gasteiger partial charge < -0.3 is 10.2 Å². The molecule has 0 radical (unpaired) electrons. The maximum atomic E-state index is 13.0. The summed E-state index contributed by atoms with van der Waals surface area (Å²) in [7, 11) is 0. The lowest BCUT2D eigenvalue weighted by Crippen LogP contribution is -2.45. The van der Waals surface area contributed by atoms with Crippen molar-refractivity contribution in [1.82, 2.24) is 10.2 Å². The zero-order valence-electron chi connectivity index (χ0n) is 12.1. The molecule has 0 aromatic heterocycles. The minimum absolute atomic E-state index is 0.0135. The van der Waals surface area contributed by atoms with E-state index in [0.717, 1.165) is 31.5 Å². The Hall–Kier alpha value is -1.58. The molecular weight excluding hydrogens is 255 g/mol. The number of urea groups is 1. The van der Waals surface area contributed by atoms with Crippen LogP contribution in [-0.2, 0) is 6.42 Å². The van der Waals surface area contributed by atoms with Crippen LogP contribution in [0.4, 0.5) is 9.18 Å². The third-order valence-electron chi connectivity index (χ3n) is 3.96. The number of benzene rings is 1. The Balaban J connectivity index is 1.75. The zero-order valence-corrected chi connectivity index (χ0v) is 12.1.